The summed E-state index contributed by atoms with van der Waals surface area (Å²) in [5.41, 5.74) is 0.700. The van der Waals surface area contributed by atoms with E-state index < -0.39 is 9.84 Å². The molecule has 2 rings (SSSR count). The molecule has 4 heteroatoms. The number of furan rings is 1. The molecule has 3 nitrogen and oxygen atoms in total. The molecule has 0 N–H and O–H groups in total. The molecule has 1 heterocycles. The molecule has 14 heavy (non-hydrogen) atoms. The molecular weight excluding hydrogens is 200 g/mol. The molecule has 0 unspecified atom stereocenters. The van der Waals surface area contributed by atoms with Crippen LogP contribution in [0.4, 0.5) is 0 Å². The van der Waals surface area contributed by atoms with Gasteiger partial charge in [-0.15, -0.1) is 0 Å². The lowest BCUT2D eigenvalue weighted by molar-refractivity contribution is 0.558. The van der Waals surface area contributed by atoms with Crippen molar-refractivity contribution in [3.05, 3.63) is 42.3 Å². The van der Waals surface area contributed by atoms with Crippen molar-refractivity contribution in [3.8, 4) is 0 Å². The van der Waals surface area contributed by atoms with Crippen molar-refractivity contribution >= 4 is 20.8 Å². The van der Waals surface area contributed by atoms with Crippen LogP contribution in [0.5, 0.6) is 0 Å². The first-order valence-corrected chi connectivity index (χ1v) is 5.90. The number of sulfone groups is 1. The highest BCUT2D eigenvalue weighted by molar-refractivity contribution is 7.91. The molecule has 73 valence electrons. The standard InChI is InChI=1S/C10H9O3S/c1-14(11,12)7-9-6-8-4-2-3-5-10(8)13-9/h2-6H,1,7H2. The van der Waals surface area contributed by atoms with Crippen LogP contribution in [0, 0.1) is 6.26 Å². The van der Waals surface area contributed by atoms with Crippen LogP contribution < -0.4 is 0 Å². The van der Waals surface area contributed by atoms with E-state index in [0.717, 1.165) is 5.39 Å². The molecule has 0 aliphatic carbocycles. The fourth-order valence-electron chi connectivity index (χ4n) is 1.32. The summed E-state index contributed by atoms with van der Waals surface area (Å²) < 4.78 is 27.1. The predicted molar refractivity (Wildman–Crippen MR) is 54.2 cm³/mol. The highest BCUT2D eigenvalue weighted by Gasteiger charge is 2.09. The normalized spacial score (nSPS) is 12.1. The lowest BCUT2D eigenvalue weighted by Crippen LogP contribution is -1.96. The maximum absolute atomic E-state index is 10.9. The molecule has 0 bridgehead atoms. The average molecular weight is 209 g/mol. The minimum atomic E-state index is -3.27. The maximum Gasteiger partial charge on any atom is 0.158 e. The van der Waals surface area contributed by atoms with E-state index in [9.17, 15) is 8.42 Å². The topological polar surface area (TPSA) is 47.3 Å². The zero-order chi connectivity index (χ0) is 10.2. The van der Waals surface area contributed by atoms with Crippen molar-refractivity contribution in [2.75, 3.05) is 0 Å². The van der Waals surface area contributed by atoms with Crippen molar-refractivity contribution < 1.29 is 12.8 Å². The van der Waals surface area contributed by atoms with Crippen molar-refractivity contribution in [1.29, 1.82) is 0 Å². The Balaban J connectivity index is 2.46. The number of benzene rings is 1. The molecule has 1 aromatic heterocycles. The smallest absolute Gasteiger partial charge is 0.158 e. The van der Waals surface area contributed by atoms with Crippen LogP contribution in [-0.2, 0) is 15.6 Å². The number of fused-ring (bicyclic) bond motifs is 1. The van der Waals surface area contributed by atoms with Crippen molar-refractivity contribution in [2.45, 2.75) is 5.75 Å². The molecule has 0 aliphatic rings. The van der Waals surface area contributed by atoms with Crippen molar-refractivity contribution in [3.63, 3.8) is 0 Å². The van der Waals surface area contributed by atoms with E-state index in [2.05, 4.69) is 6.26 Å². The molecule has 0 saturated carbocycles. The zero-order valence-corrected chi connectivity index (χ0v) is 8.25. The highest BCUT2D eigenvalue weighted by Crippen LogP contribution is 2.20. The second-order valence-corrected chi connectivity index (χ2v) is 4.91. The van der Waals surface area contributed by atoms with Gasteiger partial charge >= 0.3 is 0 Å². The summed E-state index contributed by atoms with van der Waals surface area (Å²) in [6.45, 7) is 0. The van der Waals surface area contributed by atoms with Gasteiger partial charge in [0.15, 0.2) is 9.84 Å². The van der Waals surface area contributed by atoms with E-state index in [0.29, 0.717) is 11.3 Å². The van der Waals surface area contributed by atoms with Gasteiger partial charge in [0.1, 0.15) is 17.1 Å². The molecule has 0 atom stereocenters. The van der Waals surface area contributed by atoms with Crippen LogP contribution in [0.3, 0.4) is 0 Å². The summed E-state index contributed by atoms with van der Waals surface area (Å²) in [4.78, 5) is 0. The third-order valence-corrected chi connectivity index (χ3v) is 2.56. The van der Waals surface area contributed by atoms with Gasteiger partial charge in [-0.25, -0.2) is 8.42 Å². The monoisotopic (exact) mass is 209 g/mol. The van der Waals surface area contributed by atoms with E-state index in [1.54, 1.807) is 12.1 Å². The summed E-state index contributed by atoms with van der Waals surface area (Å²) in [6.07, 6.45) is 3.05. The van der Waals surface area contributed by atoms with E-state index >= 15 is 0 Å². The number of rotatable bonds is 2. The summed E-state index contributed by atoms with van der Waals surface area (Å²) >= 11 is 0. The first kappa shape index (κ1) is 9.27. The molecule has 0 spiro atoms. The predicted octanol–water partition coefficient (Wildman–Crippen LogP) is 2.14. The first-order chi connectivity index (χ1) is 6.54. The fraction of sp³-hybridized carbons (Fsp3) is 0.100. The number of hydrogen-bond donors (Lipinski definition) is 0. The van der Waals surface area contributed by atoms with Crippen LogP contribution in [0.25, 0.3) is 11.0 Å². The maximum atomic E-state index is 10.9. The van der Waals surface area contributed by atoms with Crippen LogP contribution in [0.15, 0.2) is 34.7 Å². The van der Waals surface area contributed by atoms with Gasteiger partial charge < -0.3 is 4.42 Å². The van der Waals surface area contributed by atoms with Gasteiger partial charge in [0.05, 0.1) is 6.26 Å². The lowest BCUT2D eigenvalue weighted by atomic mass is 10.2. The zero-order valence-electron chi connectivity index (χ0n) is 7.43. The Morgan fingerprint density at radius 1 is 1.29 bits per heavy atom. The van der Waals surface area contributed by atoms with Gasteiger partial charge in [-0.3, -0.25) is 0 Å². The summed E-state index contributed by atoms with van der Waals surface area (Å²) in [6, 6.07) is 9.11. The Kier molecular flexibility index (Phi) is 2.07. The van der Waals surface area contributed by atoms with E-state index in [1.165, 1.54) is 0 Å². The Morgan fingerprint density at radius 3 is 2.64 bits per heavy atom. The van der Waals surface area contributed by atoms with E-state index in [-0.39, 0.29) is 5.75 Å². The number of para-hydroxylation sites is 1. The summed E-state index contributed by atoms with van der Waals surface area (Å²) in [5.74, 6) is 0.281. The molecule has 0 fully saturated rings. The van der Waals surface area contributed by atoms with E-state index in [1.807, 2.05) is 18.2 Å². The first-order valence-electron chi connectivity index (χ1n) is 4.08. The Bertz CT molecular complexity index is 519. The summed E-state index contributed by atoms with van der Waals surface area (Å²) in [7, 11) is -3.27. The second kappa shape index (κ2) is 3.13. The Hall–Kier alpha value is -1.29. The van der Waals surface area contributed by atoms with Gasteiger partial charge in [-0.2, -0.15) is 0 Å². The van der Waals surface area contributed by atoms with Gasteiger partial charge in [-0.05, 0) is 12.1 Å². The van der Waals surface area contributed by atoms with Gasteiger partial charge in [0, 0.05) is 5.39 Å². The van der Waals surface area contributed by atoms with Crippen LogP contribution in [-0.4, -0.2) is 8.42 Å². The number of hydrogen-bond acceptors (Lipinski definition) is 3. The second-order valence-electron chi connectivity index (χ2n) is 3.14. The Labute approximate surface area is 82.3 Å². The van der Waals surface area contributed by atoms with Gasteiger partial charge in [-0.1, -0.05) is 18.2 Å². The highest BCUT2D eigenvalue weighted by atomic mass is 32.2. The van der Waals surface area contributed by atoms with Gasteiger partial charge in [0.25, 0.3) is 0 Å². The largest absolute Gasteiger partial charge is 0.460 e. The average Bonchev–Trinajstić information content (AvgIpc) is 2.42. The third kappa shape index (κ3) is 1.96. The van der Waals surface area contributed by atoms with Crippen LogP contribution >= 0.6 is 0 Å². The lowest BCUT2D eigenvalue weighted by Gasteiger charge is -1.91. The minimum absolute atomic E-state index is 0.151. The third-order valence-electron chi connectivity index (χ3n) is 1.84. The minimum Gasteiger partial charge on any atom is -0.460 e. The summed E-state index contributed by atoms with van der Waals surface area (Å²) in [5, 5.41) is 0.908. The molecule has 2 aromatic rings. The molecule has 0 saturated heterocycles. The SMILES string of the molecule is [CH2]S(=O)(=O)Cc1cc2ccccc2o1. The van der Waals surface area contributed by atoms with Crippen LogP contribution in [0.1, 0.15) is 5.76 Å². The molecule has 0 aliphatic heterocycles. The Morgan fingerprint density at radius 2 is 2.00 bits per heavy atom. The molecule has 1 radical (unpaired) electrons. The van der Waals surface area contributed by atoms with E-state index in [4.69, 9.17) is 4.42 Å². The molecule has 0 amide bonds. The quantitative estimate of drug-likeness (QED) is 0.761. The fourth-order valence-corrected chi connectivity index (χ4v) is 1.90. The van der Waals surface area contributed by atoms with Crippen molar-refractivity contribution in [1.82, 2.24) is 0 Å². The van der Waals surface area contributed by atoms with Crippen molar-refractivity contribution in [2.24, 2.45) is 0 Å². The van der Waals surface area contributed by atoms with Crippen LogP contribution in [0.2, 0.25) is 0 Å². The molecular formula is C10H9O3S. The van der Waals surface area contributed by atoms with Gasteiger partial charge in [0.2, 0.25) is 0 Å². The molecule has 1 aromatic carbocycles.